The summed E-state index contributed by atoms with van der Waals surface area (Å²) in [6.45, 7) is 0.709. The molecular weight excluding hydrogens is 232 g/mol. The maximum Gasteiger partial charge on any atom is 0.241 e. The molecule has 1 aliphatic heterocycles. The van der Waals surface area contributed by atoms with Crippen LogP contribution in [0.15, 0.2) is 24.3 Å². The Balaban J connectivity index is 1.99. The highest BCUT2D eigenvalue weighted by atomic mass is 16.5. The summed E-state index contributed by atoms with van der Waals surface area (Å²) < 4.78 is 10.4. The Hall–Kier alpha value is -1.59. The van der Waals surface area contributed by atoms with E-state index >= 15 is 0 Å². The van der Waals surface area contributed by atoms with Gasteiger partial charge in [-0.15, -0.1) is 0 Å². The molecule has 1 aliphatic rings. The smallest absolute Gasteiger partial charge is 0.241 e. The van der Waals surface area contributed by atoms with Crippen LogP contribution in [-0.4, -0.2) is 38.8 Å². The van der Waals surface area contributed by atoms with Crippen LogP contribution >= 0.6 is 0 Å². The Morgan fingerprint density at radius 1 is 1.39 bits per heavy atom. The number of benzene rings is 1. The topological polar surface area (TPSA) is 59.6 Å². The standard InChI is InChI=1S/C13H18N2O3/c1-17-9-7-11(14-8-9)13(16)15-10-5-3-4-6-12(10)18-2/h3-6,9,11,14H,7-8H2,1-2H3,(H,15,16). The normalized spacial score (nSPS) is 22.8. The number of ether oxygens (including phenoxy) is 2. The molecule has 2 unspecified atom stereocenters. The maximum atomic E-state index is 12.1. The monoisotopic (exact) mass is 250 g/mol. The van der Waals surface area contributed by atoms with E-state index in [-0.39, 0.29) is 18.1 Å². The zero-order valence-corrected chi connectivity index (χ0v) is 10.6. The number of methoxy groups -OCH3 is 2. The van der Waals surface area contributed by atoms with Crippen LogP contribution in [0.4, 0.5) is 5.69 Å². The highest BCUT2D eigenvalue weighted by Crippen LogP contribution is 2.23. The van der Waals surface area contributed by atoms with Gasteiger partial charge in [-0.1, -0.05) is 12.1 Å². The second-order valence-electron chi connectivity index (χ2n) is 4.24. The van der Waals surface area contributed by atoms with E-state index in [4.69, 9.17) is 9.47 Å². The van der Waals surface area contributed by atoms with E-state index in [1.54, 1.807) is 14.2 Å². The van der Waals surface area contributed by atoms with E-state index in [0.29, 0.717) is 24.4 Å². The van der Waals surface area contributed by atoms with Crippen molar-refractivity contribution < 1.29 is 14.3 Å². The first-order valence-corrected chi connectivity index (χ1v) is 5.94. The first kappa shape index (κ1) is 12.9. The Morgan fingerprint density at radius 2 is 2.17 bits per heavy atom. The molecule has 2 N–H and O–H groups in total. The molecule has 5 nitrogen and oxygen atoms in total. The summed E-state index contributed by atoms with van der Waals surface area (Å²) in [5, 5.41) is 6.00. The van der Waals surface area contributed by atoms with Crippen LogP contribution in [0.2, 0.25) is 0 Å². The first-order valence-electron chi connectivity index (χ1n) is 5.94. The van der Waals surface area contributed by atoms with Gasteiger partial charge in [0, 0.05) is 13.7 Å². The number of rotatable bonds is 4. The third-order valence-corrected chi connectivity index (χ3v) is 3.11. The minimum Gasteiger partial charge on any atom is -0.495 e. The summed E-state index contributed by atoms with van der Waals surface area (Å²) in [5.74, 6) is 0.603. The lowest BCUT2D eigenvalue weighted by molar-refractivity contribution is -0.118. The van der Waals surface area contributed by atoms with Crippen molar-refractivity contribution in [2.75, 3.05) is 26.1 Å². The van der Waals surface area contributed by atoms with E-state index < -0.39 is 0 Å². The van der Waals surface area contributed by atoms with Crippen LogP contribution in [0, 0.1) is 0 Å². The van der Waals surface area contributed by atoms with Crippen molar-refractivity contribution in [2.45, 2.75) is 18.6 Å². The fraction of sp³-hybridized carbons (Fsp3) is 0.462. The van der Waals surface area contributed by atoms with Crippen LogP contribution in [0.25, 0.3) is 0 Å². The Kier molecular flexibility index (Phi) is 4.17. The summed E-state index contributed by atoms with van der Waals surface area (Å²) >= 11 is 0. The Morgan fingerprint density at radius 3 is 2.83 bits per heavy atom. The summed E-state index contributed by atoms with van der Waals surface area (Å²) in [6.07, 6.45) is 0.802. The van der Waals surface area contributed by atoms with Crippen molar-refractivity contribution in [2.24, 2.45) is 0 Å². The van der Waals surface area contributed by atoms with Gasteiger partial charge in [0.25, 0.3) is 0 Å². The van der Waals surface area contributed by atoms with Crippen LogP contribution < -0.4 is 15.4 Å². The van der Waals surface area contributed by atoms with Crippen molar-refractivity contribution in [3.05, 3.63) is 24.3 Å². The summed E-state index contributed by atoms with van der Waals surface area (Å²) in [7, 11) is 3.24. The average Bonchev–Trinajstić information content (AvgIpc) is 2.88. The molecule has 1 saturated heterocycles. The zero-order chi connectivity index (χ0) is 13.0. The quantitative estimate of drug-likeness (QED) is 0.837. The largest absolute Gasteiger partial charge is 0.495 e. The lowest BCUT2D eigenvalue weighted by Crippen LogP contribution is -2.35. The molecule has 1 heterocycles. The molecule has 0 saturated carbocycles. The van der Waals surface area contributed by atoms with E-state index in [1.807, 2.05) is 24.3 Å². The Labute approximate surface area is 106 Å². The fourth-order valence-electron chi connectivity index (χ4n) is 2.05. The van der Waals surface area contributed by atoms with Crippen molar-refractivity contribution >= 4 is 11.6 Å². The van der Waals surface area contributed by atoms with Crippen LogP contribution in [0.1, 0.15) is 6.42 Å². The number of para-hydroxylation sites is 2. The van der Waals surface area contributed by atoms with Gasteiger partial charge in [-0.3, -0.25) is 4.79 Å². The van der Waals surface area contributed by atoms with Gasteiger partial charge in [0.15, 0.2) is 0 Å². The minimum atomic E-state index is -0.208. The summed E-state index contributed by atoms with van der Waals surface area (Å²) in [5.41, 5.74) is 0.688. The van der Waals surface area contributed by atoms with Crippen LogP contribution in [-0.2, 0) is 9.53 Å². The van der Waals surface area contributed by atoms with Gasteiger partial charge in [-0.2, -0.15) is 0 Å². The van der Waals surface area contributed by atoms with Gasteiger partial charge >= 0.3 is 0 Å². The number of nitrogens with one attached hydrogen (secondary N) is 2. The molecule has 1 aromatic carbocycles. The first-order chi connectivity index (χ1) is 8.74. The molecular formula is C13H18N2O3. The molecule has 18 heavy (non-hydrogen) atoms. The maximum absolute atomic E-state index is 12.1. The van der Waals surface area contributed by atoms with Gasteiger partial charge in [-0.05, 0) is 18.6 Å². The molecule has 0 radical (unpaired) electrons. The summed E-state index contributed by atoms with van der Waals surface area (Å²) in [6, 6.07) is 7.15. The number of anilines is 1. The molecule has 0 spiro atoms. The van der Waals surface area contributed by atoms with Gasteiger partial charge in [0.2, 0.25) is 5.91 Å². The Bertz CT molecular complexity index is 422. The van der Waals surface area contributed by atoms with Crippen molar-refractivity contribution in [1.29, 1.82) is 0 Å². The second-order valence-corrected chi connectivity index (χ2v) is 4.24. The lowest BCUT2D eigenvalue weighted by Gasteiger charge is -2.13. The third-order valence-electron chi connectivity index (χ3n) is 3.11. The highest BCUT2D eigenvalue weighted by molar-refractivity contribution is 5.96. The van der Waals surface area contributed by atoms with Crippen molar-refractivity contribution in [3.63, 3.8) is 0 Å². The molecule has 0 aliphatic carbocycles. The van der Waals surface area contributed by atoms with Gasteiger partial charge in [-0.25, -0.2) is 0 Å². The minimum absolute atomic E-state index is 0.0564. The van der Waals surface area contributed by atoms with Crippen molar-refractivity contribution in [3.8, 4) is 5.75 Å². The molecule has 1 amide bonds. The molecule has 98 valence electrons. The number of hydrogen-bond acceptors (Lipinski definition) is 4. The van der Waals surface area contributed by atoms with E-state index in [2.05, 4.69) is 10.6 Å². The molecule has 1 fully saturated rings. The van der Waals surface area contributed by atoms with Gasteiger partial charge in [0.05, 0.1) is 24.9 Å². The SMILES string of the molecule is COc1ccccc1NC(=O)C1CC(OC)CN1. The third kappa shape index (κ3) is 2.80. The highest BCUT2D eigenvalue weighted by Gasteiger charge is 2.29. The predicted octanol–water partition coefficient (Wildman–Crippen LogP) is 1.01. The van der Waals surface area contributed by atoms with Crippen LogP contribution in [0.5, 0.6) is 5.75 Å². The molecule has 5 heteroatoms. The molecule has 2 atom stereocenters. The average molecular weight is 250 g/mol. The van der Waals surface area contributed by atoms with Gasteiger partial charge < -0.3 is 20.1 Å². The summed E-state index contributed by atoms with van der Waals surface area (Å²) in [4.78, 5) is 12.1. The van der Waals surface area contributed by atoms with E-state index in [0.717, 1.165) is 0 Å². The van der Waals surface area contributed by atoms with Crippen LogP contribution in [0.3, 0.4) is 0 Å². The lowest BCUT2D eigenvalue weighted by atomic mass is 10.2. The number of hydrogen-bond donors (Lipinski definition) is 2. The number of carbonyl (C=O) groups excluding carboxylic acids is 1. The zero-order valence-electron chi connectivity index (χ0n) is 10.6. The fourth-order valence-corrected chi connectivity index (χ4v) is 2.05. The number of carbonyl (C=O) groups is 1. The molecule has 0 bridgehead atoms. The van der Waals surface area contributed by atoms with E-state index in [1.165, 1.54) is 0 Å². The number of amides is 1. The molecule has 2 rings (SSSR count). The second kappa shape index (κ2) is 5.84. The van der Waals surface area contributed by atoms with Crippen molar-refractivity contribution in [1.82, 2.24) is 5.32 Å². The predicted molar refractivity (Wildman–Crippen MR) is 68.8 cm³/mol. The molecule has 1 aromatic rings. The van der Waals surface area contributed by atoms with E-state index in [9.17, 15) is 4.79 Å². The molecule has 0 aromatic heterocycles. The van der Waals surface area contributed by atoms with Gasteiger partial charge in [0.1, 0.15) is 5.75 Å².